The summed E-state index contributed by atoms with van der Waals surface area (Å²) in [5.74, 6) is 0. The minimum atomic E-state index is -0.0685. The van der Waals surface area contributed by atoms with Gasteiger partial charge in [0.15, 0.2) is 0 Å². The van der Waals surface area contributed by atoms with Crippen LogP contribution in [-0.2, 0) is 4.74 Å². The average Bonchev–Trinajstić information content (AvgIpc) is 2.40. The number of aliphatic imine (C=N–C) groups is 1. The van der Waals surface area contributed by atoms with E-state index < -0.39 is 0 Å². The Morgan fingerprint density at radius 3 is 2.95 bits per heavy atom. The molecule has 7 heteroatoms. The Kier molecular flexibility index (Phi) is 7.25. The van der Waals surface area contributed by atoms with Gasteiger partial charge in [-0.3, -0.25) is 15.6 Å². The molecule has 0 aliphatic carbocycles. The van der Waals surface area contributed by atoms with Crippen LogP contribution >= 0.6 is 0 Å². The SMILES string of the molecule is C[C@@H](CN(C)C)O[C@H](C)N1C=NCNC(N)CNC1. The minimum Gasteiger partial charge on any atom is -0.354 e. The van der Waals surface area contributed by atoms with E-state index in [1.54, 1.807) is 0 Å². The van der Waals surface area contributed by atoms with Crippen LogP contribution in [0.15, 0.2) is 4.99 Å². The van der Waals surface area contributed by atoms with Crippen LogP contribution in [0.2, 0.25) is 0 Å². The van der Waals surface area contributed by atoms with Crippen molar-refractivity contribution in [3.05, 3.63) is 0 Å². The van der Waals surface area contributed by atoms with Gasteiger partial charge in [0.25, 0.3) is 0 Å². The van der Waals surface area contributed by atoms with E-state index in [1.807, 2.05) is 32.3 Å². The van der Waals surface area contributed by atoms with Crippen molar-refractivity contribution in [1.29, 1.82) is 0 Å². The first-order chi connectivity index (χ1) is 8.99. The number of nitrogens with one attached hydrogen (secondary N) is 2. The molecule has 0 aromatic carbocycles. The van der Waals surface area contributed by atoms with Crippen LogP contribution in [0.1, 0.15) is 13.8 Å². The molecular formula is C12H28N6O. The molecule has 1 heterocycles. The number of rotatable bonds is 5. The Morgan fingerprint density at radius 1 is 1.53 bits per heavy atom. The Bertz CT molecular complexity index is 273. The lowest BCUT2D eigenvalue weighted by Crippen LogP contribution is -2.48. The molecule has 4 N–H and O–H groups in total. The second kappa shape index (κ2) is 8.44. The van der Waals surface area contributed by atoms with Crippen LogP contribution in [-0.4, -0.2) is 75.2 Å². The second-order valence-corrected chi connectivity index (χ2v) is 5.20. The maximum absolute atomic E-state index is 5.97. The fourth-order valence-electron chi connectivity index (χ4n) is 1.97. The number of nitrogens with two attached hydrogens (primary N) is 1. The number of hydrogen-bond donors (Lipinski definition) is 3. The molecular weight excluding hydrogens is 244 g/mol. The maximum atomic E-state index is 5.97. The summed E-state index contributed by atoms with van der Waals surface area (Å²) >= 11 is 0. The Morgan fingerprint density at radius 2 is 2.26 bits per heavy atom. The number of likely N-dealkylation sites (N-methyl/N-ethyl adjacent to an activating group) is 1. The number of hydrogen-bond acceptors (Lipinski definition) is 7. The van der Waals surface area contributed by atoms with Crippen molar-refractivity contribution in [2.45, 2.75) is 32.3 Å². The second-order valence-electron chi connectivity index (χ2n) is 5.20. The zero-order valence-electron chi connectivity index (χ0n) is 12.5. The van der Waals surface area contributed by atoms with Gasteiger partial charge in [0.1, 0.15) is 6.23 Å². The maximum Gasteiger partial charge on any atom is 0.129 e. The topological polar surface area (TPSA) is 78.2 Å². The lowest BCUT2D eigenvalue weighted by molar-refractivity contribution is -0.0623. The summed E-state index contributed by atoms with van der Waals surface area (Å²) in [6.07, 6.45) is 1.89. The summed E-state index contributed by atoms with van der Waals surface area (Å²) in [6, 6.07) is 0. The highest BCUT2D eigenvalue weighted by Crippen LogP contribution is 2.03. The van der Waals surface area contributed by atoms with Crippen LogP contribution < -0.4 is 16.4 Å². The van der Waals surface area contributed by atoms with Crippen molar-refractivity contribution in [2.24, 2.45) is 10.7 Å². The van der Waals surface area contributed by atoms with Crippen molar-refractivity contribution in [1.82, 2.24) is 20.4 Å². The summed E-state index contributed by atoms with van der Waals surface area (Å²) in [7, 11) is 4.09. The van der Waals surface area contributed by atoms with Crippen molar-refractivity contribution in [3.8, 4) is 0 Å². The van der Waals surface area contributed by atoms with E-state index in [4.69, 9.17) is 10.5 Å². The fraction of sp³-hybridized carbons (Fsp3) is 0.917. The molecule has 0 spiro atoms. The monoisotopic (exact) mass is 272 g/mol. The summed E-state index contributed by atoms with van der Waals surface area (Å²) in [5, 5.41) is 6.37. The van der Waals surface area contributed by atoms with E-state index in [2.05, 4.69) is 27.4 Å². The molecule has 1 aliphatic rings. The van der Waals surface area contributed by atoms with Crippen LogP contribution in [0.25, 0.3) is 0 Å². The molecule has 0 amide bonds. The molecule has 0 aromatic rings. The molecule has 0 radical (unpaired) electrons. The Labute approximate surface area is 116 Å². The van der Waals surface area contributed by atoms with Crippen molar-refractivity contribution in [3.63, 3.8) is 0 Å². The van der Waals surface area contributed by atoms with Crippen molar-refractivity contribution in [2.75, 3.05) is 40.5 Å². The first-order valence-corrected chi connectivity index (χ1v) is 6.74. The number of ether oxygens (including phenoxy) is 1. The van der Waals surface area contributed by atoms with Gasteiger partial charge in [-0.2, -0.15) is 0 Å². The number of nitrogens with zero attached hydrogens (tertiary/aromatic N) is 3. The quantitative estimate of drug-likeness (QED) is 0.597. The van der Waals surface area contributed by atoms with Gasteiger partial charge in [0.2, 0.25) is 0 Å². The van der Waals surface area contributed by atoms with Crippen molar-refractivity contribution >= 4 is 6.34 Å². The van der Waals surface area contributed by atoms with Gasteiger partial charge >= 0.3 is 0 Å². The highest BCUT2D eigenvalue weighted by Gasteiger charge is 2.16. The van der Waals surface area contributed by atoms with Gasteiger partial charge in [0.05, 0.1) is 31.9 Å². The predicted octanol–water partition coefficient (Wildman–Crippen LogP) is -0.978. The fourth-order valence-corrected chi connectivity index (χ4v) is 1.97. The van der Waals surface area contributed by atoms with Gasteiger partial charge in [-0.05, 0) is 27.9 Å². The smallest absolute Gasteiger partial charge is 0.129 e. The average molecular weight is 272 g/mol. The highest BCUT2D eigenvalue weighted by atomic mass is 16.5. The molecule has 1 rings (SSSR count). The van der Waals surface area contributed by atoms with E-state index >= 15 is 0 Å². The molecule has 0 aromatic heterocycles. The van der Waals surface area contributed by atoms with Gasteiger partial charge in [-0.15, -0.1) is 0 Å². The van der Waals surface area contributed by atoms with E-state index in [0.29, 0.717) is 19.9 Å². The zero-order valence-corrected chi connectivity index (χ0v) is 12.5. The standard InChI is InChI=1S/C12H28N6O/c1-10(6-17(3)4)19-11(2)18-8-14-5-12(13)16-7-15-9-18/h9-12,14,16H,5-8,13H2,1-4H3/t10-,11+,12?/m0/s1. The Balaban J connectivity index is 2.44. The van der Waals surface area contributed by atoms with Gasteiger partial charge in [-0.1, -0.05) is 0 Å². The third kappa shape index (κ3) is 6.84. The van der Waals surface area contributed by atoms with Crippen molar-refractivity contribution < 1.29 is 4.74 Å². The van der Waals surface area contributed by atoms with E-state index in [1.165, 1.54) is 0 Å². The summed E-state index contributed by atoms with van der Waals surface area (Å²) < 4.78 is 5.97. The van der Waals surface area contributed by atoms with Crippen LogP contribution in [0.4, 0.5) is 0 Å². The molecule has 3 atom stereocenters. The van der Waals surface area contributed by atoms with E-state index in [0.717, 1.165) is 6.54 Å². The summed E-state index contributed by atoms with van der Waals surface area (Å²) in [5.41, 5.74) is 5.83. The van der Waals surface area contributed by atoms with Crippen LogP contribution in [0.3, 0.4) is 0 Å². The van der Waals surface area contributed by atoms with E-state index in [-0.39, 0.29) is 18.5 Å². The first kappa shape index (κ1) is 16.3. The normalized spacial score (nSPS) is 24.7. The lowest BCUT2D eigenvalue weighted by Gasteiger charge is -2.30. The minimum absolute atomic E-state index is 0.0273. The Hall–Kier alpha value is -0.730. The molecule has 19 heavy (non-hydrogen) atoms. The van der Waals surface area contributed by atoms with Crippen LogP contribution in [0, 0.1) is 0 Å². The molecule has 1 aliphatic heterocycles. The lowest BCUT2D eigenvalue weighted by atomic mass is 10.4. The molecule has 1 unspecified atom stereocenters. The molecule has 0 saturated carbocycles. The molecule has 0 bridgehead atoms. The van der Waals surface area contributed by atoms with E-state index in [9.17, 15) is 0 Å². The van der Waals surface area contributed by atoms with Gasteiger partial charge in [-0.25, -0.2) is 0 Å². The summed E-state index contributed by atoms with van der Waals surface area (Å²) in [4.78, 5) is 8.44. The highest BCUT2D eigenvalue weighted by molar-refractivity contribution is 5.55. The third-order valence-corrected chi connectivity index (χ3v) is 2.85. The molecule has 112 valence electrons. The third-order valence-electron chi connectivity index (χ3n) is 2.85. The molecule has 7 nitrogen and oxygen atoms in total. The van der Waals surface area contributed by atoms with Gasteiger partial charge < -0.3 is 20.3 Å². The summed E-state index contributed by atoms with van der Waals surface area (Å²) in [6.45, 7) is 6.92. The van der Waals surface area contributed by atoms with Crippen LogP contribution in [0.5, 0.6) is 0 Å². The zero-order chi connectivity index (χ0) is 14.3. The predicted molar refractivity (Wildman–Crippen MR) is 77.7 cm³/mol. The molecule has 0 fully saturated rings. The largest absolute Gasteiger partial charge is 0.354 e. The molecule has 0 saturated heterocycles. The van der Waals surface area contributed by atoms with Gasteiger partial charge in [0, 0.05) is 13.1 Å². The first-order valence-electron chi connectivity index (χ1n) is 6.74.